The molecule has 1 amide bonds. The molecule has 7 heteroatoms. The van der Waals surface area contributed by atoms with E-state index in [2.05, 4.69) is 5.32 Å². The van der Waals surface area contributed by atoms with Gasteiger partial charge in [-0.2, -0.15) is 0 Å². The van der Waals surface area contributed by atoms with Crippen LogP contribution in [0.5, 0.6) is 5.75 Å². The lowest BCUT2D eigenvalue weighted by Gasteiger charge is -2.12. The topological polar surface area (TPSA) is 81.5 Å². The van der Waals surface area contributed by atoms with Crippen molar-refractivity contribution in [2.45, 2.75) is 13.8 Å². The van der Waals surface area contributed by atoms with Crippen LogP contribution in [0.4, 0.5) is 11.4 Å². The van der Waals surface area contributed by atoms with E-state index < -0.39 is 4.92 Å². The summed E-state index contributed by atoms with van der Waals surface area (Å²) in [7, 11) is 0. The van der Waals surface area contributed by atoms with Gasteiger partial charge < -0.3 is 10.1 Å². The number of non-ortho nitro benzene ring substituents is 1. The van der Waals surface area contributed by atoms with Gasteiger partial charge in [0.2, 0.25) is 0 Å². The van der Waals surface area contributed by atoms with E-state index in [0.29, 0.717) is 0 Å². The number of carbonyl (C=O) groups is 1. The first kappa shape index (κ1) is 16.8. The number of nitrogens with one attached hydrogen (secondary N) is 1. The average Bonchev–Trinajstić information content (AvgIpc) is 2.49. The van der Waals surface area contributed by atoms with E-state index in [1.54, 1.807) is 0 Å². The number of aryl methyl sites for hydroxylation is 2. The second-order valence-corrected chi connectivity index (χ2v) is 5.38. The number of rotatable bonds is 5. The van der Waals surface area contributed by atoms with Crippen LogP contribution in [0, 0.1) is 24.0 Å². The molecule has 23 heavy (non-hydrogen) atoms. The van der Waals surface area contributed by atoms with Crippen LogP contribution in [0.3, 0.4) is 0 Å². The maximum absolute atomic E-state index is 12.0. The zero-order chi connectivity index (χ0) is 17.0. The van der Waals surface area contributed by atoms with Crippen LogP contribution >= 0.6 is 11.6 Å². The van der Waals surface area contributed by atoms with E-state index in [4.69, 9.17) is 16.3 Å². The molecule has 0 aliphatic carbocycles. The number of nitro groups is 1. The monoisotopic (exact) mass is 334 g/mol. The van der Waals surface area contributed by atoms with Crippen LogP contribution in [0.15, 0.2) is 36.4 Å². The molecule has 0 heterocycles. The third-order valence-electron chi connectivity index (χ3n) is 3.23. The molecule has 0 bridgehead atoms. The van der Waals surface area contributed by atoms with E-state index in [0.717, 1.165) is 16.8 Å². The SMILES string of the molecule is Cc1cccc(C)c1NC(=O)COc1ccc([N+](=O)[O-])cc1Cl. The molecular formula is C16H15ClN2O4. The highest BCUT2D eigenvalue weighted by Gasteiger charge is 2.12. The molecule has 0 aliphatic heterocycles. The third kappa shape index (κ3) is 4.20. The molecule has 2 aromatic rings. The maximum atomic E-state index is 12.0. The minimum Gasteiger partial charge on any atom is -0.482 e. The number of benzene rings is 2. The van der Waals surface area contributed by atoms with Crippen molar-refractivity contribution in [1.82, 2.24) is 0 Å². The molecule has 0 saturated heterocycles. The second kappa shape index (κ2) is 7.11. The Morgan fingerprint density at radius 3 is 2.48 bits per heavy atom. The number of hydrogen-bond acceptors (Lipinski definition) is 4. The summed E-state index contributed by atoms with van der Waals surface area (Å²) in [6.45, 7) is 3.55. The van der Waals surface area contributed by atoms with Crippen molar-refractivity contribution in [2.75, 3.05) is 11.9 Å². The van der Waals surface area contributed by atoms with Gasteiger partial charge in [-0.1, -0.05) is 29.8 Å². The number of anilines is 1. The van der Waals surface area contributed by atoms with Crippen molar-refractivity contribution >= 4 is 28.9 Å². The van der Waals surface area contributed by atoms with Crippen molar-refractivity contribution in [2.24, 2.45) is 0 Å². The number of nitrogens with zero attached hydrogens (tertiary/aromatic N) is 1. The Balaban J connectivity index is 2.01. The van der Waals surface area contributed by atoms with E-state index in [9.17, 15) is 14.9 Å². The summed E-state index contributed by atoms with van der Waals surface area (Å²) < 4.78 is 5.32. The summed E-state index contributed by atoms with van der Waals surface area (Å²) in [6.07, 6.45) is 0. The molecule has 0 aromatic heterocycles. The number of halogens is 1. The number of carbonyl (C=O) groups excluding carboxylic acids is 1. The Bertz CT molecular complexity index is 741. The number of amides is 1. The van der Waals surface area contributed by atoms with Crippen molar-refractivity contribution in [3.63, 3.8) is 0 Å². The van der Waals surface area contributed by atoms with Crippen LogP contribution in [0.2, 0.25) is 5.02 Å². The van der Waals surface area contributed by atoms with E-state index in [1.165, 1.54) is 18.2 Å². The molecule has 0 spiro atoms. The molecule has 120 valence electrons. The molecule has 0 unspecified atom stereocenters. The summed E-state index contributed by atoms with van der Waals surface area (Å²) in [5.74, 6) is -0.120. The van der Waals surface area contributed by atoms with E-state index >= 15 is 0 Å². The van der Waals surface area contributed by atoms with Gasteiger partial charge >= 0.3 is 0 Å². The molecule has 1 N–H and O–H groups in total. The highest BCUT2D eigenvalue weighted by molar-refractivity contribution is 6.32. The summed E-state index contributed by atoms with van der Waals surface area (Å²) in [5, 5.41) is 13.5. The van der Waals surface area contributed by atoms with Gasteiger partial charge in [0.25, 0.3) is 11.6 Å². The van der Waals surface area contributed by atoms with Crippen LogP contribution in [-0.4, -0.2) is 17.4 Å². The largest absolute Gasteiger partial charge is 0.482 e. The summed E-state index contributed by atoms with van der Waals surface area (Å²) in [4.78, 5) is 22.1. The number of ether oxygens (including phenoxy) is 1. The Labute approximate surface area is 138 Å². The lowest BCUT2D eigenvalue weighted by Crippen LogP contribution is -2.21. The zero-order valence-electron chi connectivity index (χ0n) is 12.6. The lowest BCUT2D eigenvalue weighted by molar-refractivity contribution is -0.384. The first-order chi connectivity index (χ1) is 10.9. The van der Waals surface area contributed by atoms with Crippen LogP contribution in [0.25, 0.3) is 0 Å². The van der Waals surface area contributed by atoms with Gasteiger partial charge in [-0.05, 0) is 31.0 Å². The van der Waals surface area contributed by atoms with E-state index in [1.807, 2.05) is 32.0 Å². The molecule has 0 radical (unpaired) electrons. The highest BCUT2D eigenvalue weighted by atomic mass is 35.5. The molecule has 0 atom stereocenters. The minimum atomic E-state index is -0.552. The molecule has 6 nitrogen and oxygen atoms in total. The Hall–Kier alpha value is -2.60. The fourth-order valence-corrected chi connectivity index (χ4v) is 2.28. The Morgan fingerprint density at radius 1 is 1.26 bits per heavy atom. The zero-order valence-corrected chi connectivity index (χ0v) is 13.4. The molecule has 2 aromatic carbocycles. The van der Waals surface area contributed by atoms with Crippen LogP contribution < -0.4 is 10.1 Å². The third-order valence-corrected chi connectivity index (χ3v) is 3.53. The number of hydrogen-bond donors (Lipinski definition) is 1. The lowest BCUT2D eigenvalue weighted by atomic mass is 10.1. The summed E-state index contributed by atoms with van der Waals surface area (Å²) in [6, 6.07) is 9.53. The fraction of sp³-hybridized carbons (Fsp3) is 0.188. The number of nitro benzene ring substituents is 1. The van der Waals surface area contributed by atoms with E-state index in [-0.39, 0.29) is 29.0 Å². The normalized spacial score (nSPS) is 10.2. The van der Waals surface area contributed by atoms with Crippen molar-refractivity contribution < 1.29 is 14.5 Å². The molecule has 2 rings (SSSR count). The summed E-state index contributed by atoms with van der Waals surface area (Å²) in [5.41, 5.74) is 2.51. The van der Waals surface area contributed by atoms with Gasteiger partial charge in [-0.25, -0.2) is 0 Å². The quantitative estimate of drug-likeness (QED) is 0.664. The average molecular weight is 335 g/mol. The molecular weight excluding hydrogens is 320 g/mol. The molecule has 0 aliphatic rings. The second-order valence-electron chi connectivity index (χ2n) is 4.98. The first-order valence-electron chi connectivity index (χ1n) is 6.81. The molecule has 0 saturated carbocycles. The first-order valence-corrected chi connectivity index (χ1v) is 7.19. The highest BCUT2D eigenvalue weighted by Crippen LogP contribution is 2.28. The van der Waals surface area contributed by atoms with Crippen LogP contribution in [0.1, 0.15) is 11.1 Å². The Kier molecular flexibility index (Phi) is 5.18. The molecule has 0 fully saturated rings. The van der Waals surface area contributed by atoms with Gasteiger partial charge in [-0.15, -0.1) is 0 Å². The van der Waals surface area contributed by atoms with Gasteiger partial charge in [0, 0.05) is 17.8 Å². The minimum absolute atomic E-state index is 0.0825. The standard InChI is InChI=1S/C16H15ClN2O4/c1-10-4-3-5-11(2)16(10)18-15(20)9-23-14-7-6-12(19(21)22)8-13(14)17/h3-8H,9H2,1-2H3,(H,18,20). The van der Waals surface area contributed by atoms with Crippen molar-refractivity contribution in [3.05, 3.63) is 62.7 Å². The summed E-state index contributed by atoms with van der Waals surface area (Å²) >= 11 is 5.91. The number of para-hydroxylation sites is 1. The maximum Gasteiger partial charge on any atom is 0.271 e. The van der Waals surface area contributed by atoms with Crippen molar-refractivity contribution in [3.8, 4) is 5.75 Å². The van der Waals surface area contributed by atoms with Gasteiger partial charge in [-0.3, -0.25) is 14.9 Å². The predicted octanol–water partition coefficient (Wildman–Crippen LogP) is 3.88. The van der Waals surface area contributed by atoms with Gasteiger partial charge in [0.05, 0.1) is 9.95 Å². The fourth-order valence-electron chi connectivity index (χ4n) is 2.05. The smallest absolute Gasteiger partial charge is 0.271 e. The van der Waals surface area contributed by atoms with Gasteiger partial charge in [0.15, 0.2) is 6.61 Å². The Morgan fingerprint density at radius 2 is 1.91 bits per heavy atom. The predicted molar refractivity (Wildman–Crippen MR) is 88.1 cm³/mol. The van der Waals surface area contributed by atoms with Crippen molar-refractivity contribution in [1.29, 1.82) is 0 Å². The van der Waals surface area contributed by atoms with Crippen LogP contribution in [-0.2, 0) is 4.79 Å². The van der Waals surface area contributed by atoms with Gasteiger partial charge in [0.1, 0.15) is 5.75 Å².